The third-order valence-corrected chi connectivity index (χ3v) is 2.78. The summed E-state index contributed by atoms with van der Waals surface area (Å²) in [6.07, 6.45) is 1.03. The first kappa shape index (κ1) is 11.9. The topological polar surface area (TPSA) is 79.9 Å². The van der Waals surface area contributed by atoms with Crippen molar-refractivity contribution in [2.45, 2.75) is 31.2 Å². The van der Waals surface area contributed by atoms with E-state index in [-0.39, 0.29) is 10.4 Å². The van der Waals surface area contributed by atoms with E-state index in [1.807, 2.05) is 20.8 Å². The van der Waals surface area contributed by atoms with E-state index < -0.39 is 15.4 Å². The van der Waals surface area contributed by atoms with Crippen molar-refractivity contribution in [1.29, 1.82) is 0 Å². The summed E-state index contributed by atoms with van der Waals surface area (Å²) in [7, 11) is -3.44. The summed E-state index contributed by atoms with van der Waals surface area (Å²) >= 11 is 0. The number of aromatic nitrogens is 2. The van der Waals surface area contributed by atoms with Gasteiger partial charge in [0.05, 0.1) is 0 Å². The molecule has 0 aliphatic carbocycles. The summed E-state index contributed by atoms with van der Waals surface area (Å²) in [6.45, 7) is 5.53. The summed E-state index contributed by atoms with van der Waals surface area (Å²) in [5.41, 5.74) is -0.838. The molecule has 0 spiro atoms. The van der Waals surface area contributed by atoms with Gasteiger partial charge in [0.25, 0.3) is 5.56 Å². The van der Waals surface area contributed by atoms with Crippen LogP contribution in [0.3, 0.4) is 0 Å². The fraction of sp³-hybridized carbons (Fsp3) is 0.556. The van der Waals surface area contributed by atoms with Gasteiger partial charge in [0, 0.05) is 17.7 Å². The fourth-order valence-corrected chi connectivity index (χ4v) is 1.56. The lowest BCUT2D eigenvalue weighted by Crippen LogP contribution is -2.23. The normalized spacial score (nSPS) is 12.8. The van der Waals surface area contributed by atoms with Crippen molar-refractivity contribution in [3.8, 4) is 0 Å². The number of aromatic amines is 1. The quantitative estimate of drug-likeness (QED) is 0.711. The molecule has 15 heavy (non-hydrogen) atoms. The third kappa shape index (κ3) is 2.89. The Morgan fingerprint density at radius 3 is 2.27 bits per heavy atom. The predicted octanol–water partition coefficient (Wildman–Crippen LogP) is 0.471. The van der Waals surface area contributed by atoms with Gasteiger partial charge >= 0.3 is 0 Å². The van der Waals surface area contributed by atoms with Crippen LogP contribution in [0.25, 0.3) is 0 Å². The number of H-pyrrole nitrogens is 1. The minimum absolute atomic E-state index is 0.184. The molecule has 0 atom stereocenters. The van der Waals surface area contributed by atoms with E-state index in [4.69, 9.17) is 0 Å². The van der Waals surface area contributed by atoms with Crippen LogP contribution < -0.4 is 5.56 Å². The molecule has 1 N–H and O–H groups in total. The zero-order valence-electron chi connectivity index (χ0n) is 9.16. The molecule has 1 heterocycles. The van der Waals surface area contributed by atoms with Crippen LogP contribution in [0.4, 0.5) is 0 Å². The number of rotatable bonds is 1. The molecule has 0 aromatic carbocycles. The second-order valence-corrected chi connectivity index (χ2v) is 6.42. The predicted molar refractivity (Wildman–Crippen MR) is 56.7 cm³/mol. The number of nitrogens with zero attached hydrogens (tertiary/aromatic N) is 1. The molecule has 1 aromatic rings. The molecule has 0 aliphatic rings. The van der Waals surface area contributed by atoms with Crippen molar-refractivity contribution < 1.29 is 8.42 Å². The first-order valence-corrected chi connectivity index (χ1v) is 6.32. The Kier molecular flexibility index (Phi) is 2.73. The van der Waals surface area contributed by atoms with Crippen LogP contribution in [-0.4, -0.2) is 24.6 Å². The zero-order chi connectivity index (χ0) is 11.9. The Balaban J connectivity index is 3.50. The van der Waals surface area contributed by atoms with Crippen LogP contribution in [0.15, 0.2) is 15.9 Å². The van der Waals surface area contributed by atoms with Gasteiger partial charge in [0.2, 0.25) is 0 Å². The van der Waals surface area contributed by atoms with E-state index in [2.05, 4.69) is 9.97 Å². The first-order valence-electron chi connectivity index (χ1n) is 4.42. The maximum Gasteiger partial charge on any atom is 0.252 e. The second kappa shape index (κ2) is 3.44. The van der Waals surface area contributed by atoms with Gasteiger partial charge in [-0.1, -0.05) is 20.8 Å². The van der Waals surface area contributed by atoms with Crippen LogP contribution in [0.5, 0.6) is 0 Å². The van der Waals surface area contributed by atoms with Gasteiger partial charge in [0.1, 0.15) is 5.82 Å². The molecule has 5 nitrogen and oxygen atoms in total. The van der Waals surface area contributed by atoms with Crippen molar-refractivity contribution in [3.63, 3.8) is 0 Å². The van der Waals surface area contributed by atoms with Crippen molar-refractivity contribution in [2.24, 2.45) is 0 Å². The molecule has 1 aromatic heterocycles. The van der Waals surface area contributed by atoms with Crippen LogP contribution in [0, 0.1) is 0 Å². The largest absolute Gasteiger partial charge is 0.310 e. The highest BCUT2D eigenvalue weighted by Gasteiger charge is 2.20. The molecule has 0 radical (unpaired) electrons. The lowest BCUT2D eigenvalue weighted by atomic mass is 9.96. The molecule has 1 rings (SSSR count). The highest BCUT2D eigenvalue weighted by Crippen LogP contribution is 2.17. The molecule has 0 unspecified atom stereocenters. The highest BCUT2D eigenvalue weighted by atomic mass is 32.2. The van der Waals surface area contributed by atoms with Crippen LogP contribution in [0.2, 0.25) is 0 Å². The molecule has 0 amide bonds. The van der Waals surface area contributed by atoms with E-state index >= 15 is 0 Å². The lowest BCUT2D eigenvalue weighted by molar-refractivity contribution is 0.531. The first-order chi connectivity index (χ1) is 6.60. The smallest absolute Gasteiger partial charge is 0.252 e. The molecular formula is C9H14N2O3S. The van der Waals surface area contributed by atoms with Crippen LogP contribution in [0.1, 0.15) is 26.6 Å². The lowest BCUT2D eigenvalue weighted by Gasteiger charge is -2.17. The average molecular weight is 230 g/mol. The van der Waals surface area contributed by atoms with E-state index in [9.17, 15) is 13.2 Å². The van der Waals surface area contributed by atoms with Gasteiger partial charge in [-0.05, 0) is 0 Å². The standard InChI is InChI=1S/C9H14N2O3S/c1-9(2,3)8-10-6(12)5-7(11-8)15(4,13)14/h5H,1-4H3,(H,10,11,12). The number of nitrogens with one attached hydrogen (secondary N) is 1. The summed E-state index contributed by atoms with van der Waals surface area (Å²) < 4.78 is 22.5. The van der Waals surface area contributed by atoms with Crippen molar-refractivity contribution in [2.75, 3.05) is 6.26 Å². The van der Waals surface area contributed by atoms with Crippen LogP contribution >= 0.6 is 0 Å². The summed E-state index contributed by atoms with van der Waals surface area (Å²) in [5.74, 6) is 0.371. The Labute approximate surface area is 88.5 Å². The molecule has 0 saturated carbocycles. The minimum atomic E-state index is -3.44. The maximum atomic E-state index is 11.2. The summed E-state index contributed by atoms with van der Waals surface area (Å²) in [6, 6.07) is 0.991. The molecular weight excluding hydrogens is 216 g/mol. The number of hydrogen-bond donors (Lipinski definition) is 1. The van der Waals surface area contributed by atoms with Gasteiger partial charge in [-0.15, -0.1) is 0 Å². The maximum absolute atomic E-state index is 11.2. The second-order valence-electron chi connectivity index (χ2n) is 4.45. The number of sulfone groups is 1. The molecule has 0 aliphatic heterocycles. The van der Waals surface area contributed by atoms with Crippen molar-refractivity contribution >= 4 is 9.84 Å². The Morgan fingerprint density at radius 1 is 1.33 bits per heavy atom. The van der Waals surface area contributed by atoms with E-state index in [0.29, 0.717) is 5.82 Å². The minimum Gasteiger partial charge on any atom is -0.310 e. The van der Waals surface area contributed by atoms with Gasteiger partial charge in [-0.25, -0.2) is 13.4 Å². The Bertz CT molecular complexity index is 523. The summed E-state index contributed by atoms with van der Waals surface area (Å²) in [4.78, 5) is 17.7. The zero-order valence-corrected chi connectivity index (χ0v) is 9.97. The SMILES string of the molecule is CC(C)(C)c1nc(S(C)(=O)=O)cc(=O)[nH]1. The van der Waals surface area contributed by atoms with Gasteiger partial charge < -0.3 is 4.98 Å². The van der Waals surface area contributed by atoms with E-state index in [1.54, 1.807) is 0 Å². The van der Waals surface area contributed by atoms with E-state index in [1.165, 1.54) is 0 Å². The van der Waals surface area contributed by atoms with Gasteiger partial charge in [-0.3, -0.25) is 4.79 Å². The van der Waals surface area contributed by atoms with Crippen molar-refractivity contribution in [1.82, 2.24) is 9.97 Å². The Hall–Kier alpha value is -1.17. The molecule has 0 saturated heterocycles. The van der Waals surface area contributed by atoms with Crippen molar-refractivity contribution in [3.05, 3.63) is 22.2 Å². The summed E-state index contributed by atoms with van der Waals surface area (Å²) in [5, 5.41) is -0.184. The van der Waals surface area contributed by atoms with E-state index in [0.717, 1.165) is 12.3 Å². The van der Waals surface area contributed by atoms with Gasteiger partial charge in [-0.2, -0.15) is 0 Å². The highest BCUT2D eigenvalue weighted by molar-refractivity contribution is 7.90. The Morgan fingerprint density at radius 2 is 1.87 bits per heavy atom. The fourth-order valence-electron chi connectivity index (χ4n) is 0.981. The molecule has 6 heteroatoms. The molecule has 84 valence electrons. The van der Waals surface area contributed by atoms with Gasteiger partial charge in [0.15, 0.2) is 14.9 Å². The third-order valence-electron chi connectivity index (χ3n) is 1.81. The molecule has 0 fully saturated rings. The average Bonchev–Trinajstić information content (AvgIpc) is 1.99. The van der Waals surface area contributed by atoms with Crippen LogP contribution in [-0.2, 0) is 15.3 Å². The number of hydrogen-bond acceptors (Lipinski definition) is 4. The molecule has 0 bridgehead atoms. The monoisotopic (exact) mass is 230 g/mol.